The Labute approximate surface area is 218 Å². The maximum atomic E-state index is 13.3. The van der Waals surface area contributed by atoms with Crippen LogP contribution in [0.2, 0.25) is 15.1 Å². The van der Waals surface area contributed by atoms with Crippen LogP contribution in [0.25, 0.3) is 27.7 Å². The Balaban J connectivity index is 1.94. The lowest BCUT2D eigenvalue weighted by molar-refractivity contribution is 0.640. The number of aromatic nitrogens is 2. The van der Waals surface area contributed by atoms with Gasteiger partial charge in [-0.1, -0.05) is 72.9 Å². The Hall–Kier alpha value is -3.11. The summed E-state index contributed by atoms with van der Waals surface area (Å²) >= 11 is 19.8. The molecule has 0 aliphatic carbocycles. The molecule has 0 fully saturated rings. The van der Waals surface area contributed by atoms with Gasteiger partial charge in [0.1, 0.15) is 0 Å². The fraction of sp³-hybridized carbons (Fsp3) is 0.103. The Morgan fingerprint density at radius 1 is 0.714 bits per heavy atom. The molecule has 0 aliphatic rings. The van der Waals surface area contributed by atoms with Gasteiger partial charge in [0.2, 0.25) is 0 Å². The molecule has 0 saturated carbocycles. The smallest absolute Gasteiger partial charge is 0.255 e. The molecule has 0 bridgehead atoms. The SMILES string of the molecule is CC(C)(c1ccncc1)c1cc(-c2ccccc2Cl)c2ccc(=O)n(-c3c(Cl)cccc3Cl)c2c1. The van der Waals surface area contributed by atoms with E-state index in [2.05, 4.69) is 24.9 Å². The summed E-state index contributed by atoms with van der Waals surface area (Å²) in [5.74, 6) is 0. The quantitative estimate of drug-likeness (QED) is 0.239. The Bertz CT molecular complexity index is 1610. The summed E-state index contributed by atoms with van der Waals surface area (Å²) in [7, 11) is 0. The van der Waals surface area contributed by atoms with E-state index in [0.717, 1.165) is 27.6 Å². The lowest BCUT2D eigenvalue weighted by atomic mass is 9.77. The molecule has 0 unspecified atom stereocenters. The van der Waals surface area contributed by atoms with Gasteiger partial charge in [0.15, 0.2) is 0 Å². The fourth-order valence-electron chi connectivity index (χ4n) is 4.48. The largest absolute Gasteiger partial charge is 0.274 e. The summed E-state index contributed by atoms with van der Waals surface area (Å²) in [4.78, 5) is 17.5. The van der Waals surface area contributed by atoms with Crippen molar-refractivity contribution in [3.63, 3.8) is 0 Å². The number of para-hydroxylation sites is 1. The van der Waals surface area contributed by atoms with E-state index in [4.69, 9.17) is 34.8 Å². The molecular weight excluding hydrogens is 499 g/mol. The van der Waals surface area contributed by atoms with E-state index in [1.807, 2.05) is 48.5 Å². The van der Waals surface area contributed by atoms with Crippen LogP contribution in [0.4, 0.5) is 0 Å². The number of pyridine rings is 2. The van der Waals surface area contributed by atoms with Crippen molar-refractivity contribution in [3.8, 4) is 16.8 Å². The average molecular weight is 520 g/mol. The molecule has 3 nitrogen and oxygen atoms in total. The van der Waals surface area contributed by atoms with Crippen LogP contribution in [0.5, 0.6) is 0 Å². The van der Waals surface area contributed by atoms with E-state index in [0.29, 0.717) is 26.3 Å². The van der Waals surface area contributed by atoms with Gasteiger partial charge in [0.05, 0.1) is 21.2 Å². The zero-order chi connectivity index (χ0) is 24.7. The van der Waals surface area contributed by atoms with Gasteiger partial charge in [-0.3, -0.25) is 14.3 Å². The highest BCUT2D eigenvalue weighted by molar-refractivity contribution is 6.38. The van der Waals surface area contributed by atoms with Gasteiger partial charge >= 0.3 is 0 Å². The van der Waals surface area contributed by atoms with Crippen LogP contribution in [0.1, 0.15) is 25.0 Å². The first-order valence-corrected chi connectivity index (χ1v) is 12.2. The second-order valence-corrected chi connectivity index (χ2v) is 10.1. The highest BCUT2D eigenvalue weighted by Crippen LogP contribution is 2.40. The lowest BCUT2D eigenvalue weighted by Gasteiger charge is -2.28. The zero-order valence-electron chi connectivity index (χ0n) is 19.1. The van der Waals surface area contributed by atoms with Crippen LogP contribution in [-0.2, 0) is 5.41 Å². The van der Waals surface area contributed by atoms with Crippen molar-refractivity contribution in [2.24, 2.45) is 0 Å². The van der Waals surface area contributed by atoms with E-state index in [1.54, 1.807) is 35.2 Å². The van der Waals surface area contributed by atoms with E-state index < -0.39 is 5.41 Å². The lowest BCUT2D eigenvalue weighted by Crippen LogP contribution is -2.22. The van der Waals surface area contributed by atoms with Gasteiger partial charge in [0, 0.05) is 39.8 Å². The summed E-state index contributed by atoms with van der Waals surface area (Å²) in [5.41, 5.74) is 4.43. The molecule has 0 radical (unpaired) electrons. The minimum Gasteiger partial charge on any atom is -0.274 e. The minimum atomic E-state index is -0.395. The molecule has 0 aliphatic heterocycles. The third kappa shape index (κ3) is 4.14. The molecule has 174 valence electrons. The third-order valence-corrected chi connectivity index (χ3v) is 7.40. The first-order valence-electron chi connectivity index (χ1n) is 11.1. The van der Waals surface area contributed by atoms with Crippen LogP contribution in [-0.4, -0.2) is 9.55 Å². The Morgan fingerprint density at radius 2 is 1.37 bits per heavy atom. The molecule has 0 N–H and O–H groups in total. The summed E-state index contributed by atoms with van der Waals surface area (Å²) in [6, 6.07) is 24.5. The fourth-order valence-corrected chi connectivity index (χ4v) is 5.28. The molecule has 35 heavy (non-hydrogen) atoms. The van der Waals surface area contributed by atoms with Crippen molar-refractivity contribution in [2.45, 2.75) is 19.3 Å². The van der Waals surface area contributed by atoms with Crippen LogP contribution in [0, 0.1) is 0 Å². The van der Waals surface area contributed by atoms with Crippen molar-refractivity contribution in [1.82, 2.24) is 9.55 Å². The molecule has 0 amide bonds. The maximum absolute atomic E-state index is 13.3. The van der Waals surface area contributed by atoms with Crippen molar-refractivity contribution in [3.05, 3.63) is 128 Å². The first kappa shape index (κ1) is 23.6. The number of fused-ring (bicyclic) bond motifs is 1. The van der Waals surface area contributed by atoms with Crippen LogP contribution >= 0.6 is 34.8 Å². The molecule has 2 aromatic heterocycles. The molecule has 0 atom stereocenters. The molecule has 6 heteroatoms. The molecular formula is C29H21Cl3N2O. The molecule has 3 aromatic carbocycles. The monoisotopic (exact) mass is 518 g/mol. The van der Waals surface area contributed by atoms with E-state index in [9.17, 15) is 4.79 Å². The summed E-state index contributed by atoms with van der Waals surface area (Å²) in [5, 5.41) is 2.28. The van der Waals surface area contributed by atoms with E-state index in [1.165, 1.54) is 6.07 Å². The number of halogens is 3. The number of hydrogen-bond acceptors (Lipinski definition) is 2. The van der Waals surface area contributed by atoms with E-state index >= 15 is 0 Å². The highest BCUT2D eigenvalue weighted by atomic mass is 35.5. The molecule has 2 heterocycles. The van der Waals surface area contributed by atoms with Crippen LogP contribution in [0.3, 0.4) is 0 Å². The molecule has 0 saturated heterocycles. The summed E-state index contributed by atoms with van der Waals surface area (Å²) in [6.07, 6.45) is 3.57. The highest BCUT2D eigenvalue weighted by Gasteiger charge is 2.26. The van der Waals surface area contributed by atoms with Gasteiger partial charge in [-0.2, -0.15) is 0 Å². The number of nitrogens with zero attached hydrogens (tertiary/aromatic N) is 2. The number of benzene rings is 3. The van der Waals surface area contributed by atoms with Crippen LogP contribution in [0.15, 0.2) is 96.1 Å². The predicted octanol–water partition coefficient (Wildman–Crippen LogP) is 8.34. The average Bonchev–Trinajstić information content (AvgIpc) is 2.85. The van der Waals surface area contributed by atoms with Gasteiger partial charge in [-0.05, 0) is 65.2 Å². The minimum absolute atomic E-state index is 0.225. The zero-order valence-corrected chi connectivity index (χ0v) is 21.4. The number of hydrogen-bond donors (Lipinski definition) is 0. The van der Waals surface area contributed by atoms with E-state index in [-0.39, 0.29) is 5.56 Å². The summed E-state index contributed by atoms with van der Waals surface area (Å²) < 4.78 is 1.59. The molecule has 5 rings (SSSR count). The van der Waals surface area contributed by atoms with Crippen molar-refractivity contribution in [1.29, 1.82) is 0 Å². The third-order valence-electron chi connectivity index (χ3n) is 6.46. The second-order valence-electron chi connectivity index (χ2n) is 8.87. The first-order chi connectivity index (χ1) is 16.8. The van der Waals surface area contributed by atoms with Crippen LogP contribution < -0.4 is 5.56 Å². The van der Waals surface area contributed by atoms with Crippen molar-refractivity contribution >= 4 is 45.7 Å². The van der Waals surface area contributed by atoms with Crippen molar-refractivity contribution in [2.75, 3.05) is 0 Å². The van der Waals surface area contributed by atoms with Crippen molar-refractivity contribution < 1.29 is 0 Å². The molecule has 0 spiro atoms. The Kier molecular flexibility index (Phi) is 6.18. The Morgan fingerprint density at radius 3 is 2.06 bits per heavy atom. The summed E-state index contributed by atoms with van der Waals surface area (Å²) in [6.45, 7) is 4.29. The maximum Gasteiger partial charge on any atom is 0.255 e. The predicted molar refractivity (Wildman–Crippen MR) is 146 cm³/mol. The van der Waals surface area contributed by atoms with Gasteiger partial charge in [-0.15, -0.1) is 0 Å². The topological polar surface area (TPSA) is 34.9 Å². The van der Waals surface area contributed by atoms with Gasteiger partial charge in [0.25, 0.3) is 5.56 Å². The second kappa shape index (κ2) is 9.16. The number of rotatable bonds is 4. The van der Waals surface area contributed by atoms with Gasteiger partial charge in [-0.25, -0.2) is 0 Å². The van der Waals surface area contributed by atoms with Gasteiger partial charge < -0.3 is 0 Å². The standard InChI is InChI=1S/C29H21Cl3N2O/c1-29(2,18-12-14-33-15-13-18)19-16-22(20-6-3-4-7-23(20)30)21-10-11-27(35)34(26(21)17-19)28-24(31)8-5-9-25(28)32/h3-17H,1-2H3. The normalized spacial score (nSPS) is 11.7. The molecule has 5 aromatic rings.